The third kappa shape index (κ3) is 4.44. The summed E-state index contributed by atoms with van der Waals surface area (Å²) in [6.07, 6.45) is 4.46. The molecule has 0 bridgehead atoms. The van der Waals surface area contributed by atoms with E-state index >= 15 is 0 Å². The number of aliphatic hydroxyl groups is 1. The van der Waals surface area contributed by atoms with Gasteiger partial charge < -0.3 is 20.3 Å². The van der Waals surface area contributed by atoms with Crippen LogP contribution < -0.4 is 10.1 Å². The summed E-state index contributed by atoms with van der Waals surface area (Å²) >= 11 is 0. The van der Waals surface area contributed by atoms with Crippen molar-refractivity contribution >= 4 is 0 Å². The Bertz CT molecular complexity index is 987. The van der Waals surface area contributed by atoms with Crippen LogP contribution in [0.4, 0.5) is 0 Å². The van der Waals surface area contributed by atoms with Crippen LogP contribution in [0.15, 0.2) is 48.8 Å². The molecule has 158 valence electrons. The molecule has 8 heteroatoms. The summed E-state index contributed by atoms with van der Waals surface area (Å²) in [4.78, 5) is 0. The van der Waals surface area contributed by atoms with Crippen molar-refractivity contribution in [1.82, 2.24) is 25.3 Å². The number of aromatic hydroxyl groups is 1. The van der Waals surface area contributed by atoms with E-state index in [-0.39, 0.29) is 23.4 Å². The number of phenols is 1. The summed E-state index contributed by atoms with van der Waals surface area (Å²) in [5.74, 6) is 0.532. The van der Waals surface area contributed by atoms with Crippen molar-refractivity contribution < 1.29 is 14.9 Å². The van der Waals surface area contributed by atoms with Gasteiger partial charge in [-0.3, -0.25) is 0 Å². The van der Waals surface area contributed by atoms with Crippen LogP contribution in [0.3, 0.4) is 0 Å². The van der Waals surface area contributed by atoms with Crippen molar-refractivity contribution in [2.24, 2.45) is 0 Å². The Hall–Kier alpha value is -2.97. The van der Waals surface area contributed by atoms with Gasteiger partial charge in [-0.2, -0.15) is 5.10 Å². The molecule has 1 aliphatic rings. The smallest absolute Gasteiger partial charge is 0.233 e. The van der Waals surface area contributed by atoms with Gasteiger partial charge in [-0.1, -0.05) is 0 Å². The molecule has 3 N–H and O–H groups in total. The third-order valence-electron chi connectivity index (χ3n) is 5.37. The van der Waals surface area contributed by atoms with E-state index < -0.39 is 6.10 Å². The maximum absolute atomic E-state index is 10.4. The van der Waals surface area contributed by atoms with Gasteiger partial charge >= 0.3 is 0 Å². The van der Waals surface area contributed by atoms with E-state index in [2.05, 4.69) is 34.5 Å². The second kappa shape index (κ2) is 8.04. The van der Waals surface area contributed by atoms with Gasteiger partial charge in [0.2, 0.25) is 5.88 Å². The second-order valence-corrected chi connectivity index (χ2v) is 8.46. The molecular weight excluding hydrogens is 382 g/mol. The third-order valence-corrected chi connectivity index (χ3v) is 5.37. The Kier molecular flexibility index (Phi) is 5.44. The summed E-state index contributed by atoms with van der Waals surface area (Å²) in [5.41, 5.74) is 1.76. The average molecular weight is 409 g/mol. The van der Waals surface area contributed by atoms with Crippen LogP contribution >= 0.6 is 0 Å². The molecule has 0 radical (unpaired) electrons. The highest BCUT2D eigenvalue weighted by Gasteiger charge is 2.36. The lowest BCUT2D eigenvalue weighted by Gasteiger charge is -2.42. The van der Waals surface area contributed by atoms with Crippen molar-refractivity contribution in [2.45, 2.75) is 57.4 Å². The van der Waals surface area contributed by atoms with Crippen LogP contribution in [-0.2, 0) is 0 Å². The van der Waals surface area contributed by atoms with Crippen LogP contribution in [0.2, 0.25) is 0 Å². The molecule has 1 aliphatic heterocycles. The molecule has 4 rings (SSSR count). The normalized spacial score (nSPS) is 21.9. The van der Waals surface area contributed by atoms with E-state index in [0.29, 0.717) is 23.6 Å². The summed E-state index contributed by atoms with van der Waals surface area (Å²) in [6, 6.07) is 10.6. The maximum Gasteiger partial charge on any atom is 0.233 e. The number of hydrogen-bond acceptors (Lipinski definition) is 7. The van der Waals surface area contributed by atoms with E-state index in [0.717, 1.165) is 12.1 Å². The van der Waals surface area contributed by atoms with Gasteiger partial charge in [0, 0.05) is 54.5 Å². The number of rotatable bonds is 5. The fourth-order valence-corrected chi connectivity index (χ4v) is 3.96. The Balaban J connectivity index is 1.48. The molecule has 0 amide bonds. The standard InChI is InChI=1S/C22H27N5O3/c1-14(28)19-12-16(13-22(2,3)24-19)30-21-8-7-18(25-26-21)17-6-5-15(11-20(17)29)27-10-4-9-23-27/h4-11,14,16,19,24,28-29H,12-13H2,1-3H3. The molecule has 3 aromatic rings. The first kappa shape index (κ1) is 20.3. The second-order valence-electron chi connectivity index (χ2n) is 8.46. The SMILES string of the molecule is CC(O)C1CC(Oc2ccc(-c3ccc(-n4cccn4)cc3O)nn2)CC(C)(C)N1. The van der Waals surface area contributed by atoms with Crippen LogP contribution in [-0.4, -0.2) is 54.0 Å². The minimum absolute atomic E-state index is 0.0313. The molecule has 3 heterocycles. The topological polar surface area (TPSA) is 105 Å². The van der Waals surface area contributed by atoms with Gasteiger partial charge in [0.15, 0.2) is 0 Å². The number of nitrogens with one attached hydrogen (secondary N) is 1. The molecule has 3 atom stereocenters. The zero-order chi connectivity index (χ0) is 21.3. The molecule has 30 heavy (non-hydrogen) atoms. The molecule has 0 aliphatic carbocycles. The number of hydrogen-bond donors (Lipinski definition) is 3. The van der Waals surface area contributed by atoms with Crippen molar-refractivity contribution in [1.29, 1.82) is 0 Å². The lowest BCUT2D eigenvalue weighted by Crippen LogP contribution is -2.58. The summed E-state index contributed by atoms with van der Waals surface area (Å²) in [7, 11) is 0. The summed E-state index contributed by atoms with van der Waals surface area (Å²) in [6.45, 7) is 5.99. The fourth-order valence-electron chi connectivity index (χ4n) is 3.96. The number of aliphatic hydroxyl groups excluding tert-OH is 1. The first-order valence-electron chi connectivity index (χ1n) is 10.1. The number of benzene rings is 1. The molecule has 1 saturated heterocycles. The first-order chi connectivity index (χ1) is 14.3. The predicted octanol–water partition coefficient (Wildman–Crippen LogP) is 2.69. The zero-order valence-corrected chi connectivity index (χ0v) is 17.4. The minimum Gasteiger partial charge on any atom is -0.507 e. The Morgan fingerprint density at radius 2 is 2.07 bits per heavy atom. The summed E-state index contributed by atoms with van der Waals surface area (Å²) in [5, 5.41) is 36.5. The largest absolute Gasteiger partial charge is 0.507 e. The van der Waals surface area contributed by atoms with Crippen molar-refractivity contribution in [3.8, 4) is 28.6 Å². The van der Waals surface area contributed by atoms with Crippen LogP contribution in [0, 0.1) is 0 Å². The molecule has 2 aromatic heterocycles. The lowest BCUT2D eigenvalue weighted by atomic mass is 9.85. The van der Waals surface area contributed by atoms with Gasteiger partial charge in [-0.25, -0.2) is 4.68 Å². The molecule has 1 aromatic carbocycles. The Morgan fingerprint density at radius 3 is 2.70 bits per heavy atom. The van der Waals surface area contributed by atoms with Gasteiger partial charge in [0.25, 0.3) is 0 Å². The van der Waals surface area contributed by atoms with Gasteiger partial charge in [-0.05, 0) is 45.0 Å². The minimum atomic E-state index is -0.461. The van der Waals surface area contributed by atoms with Crippen molar-refractivity contribution in [3.63, 3.8) is 0 Å². The molecular formula is C22H27N5O3. The molecule has 0 saturated carbocycles. The monoisotopic (exact) mass is 409 g/mol. The van der Waals surface area contributed by atoms with Crippen LogP contribution in [0.1, 0.15) is 33.6 Å². The first-order valence-corrected chi connectivity index (χ1v) is 10.1. The van der Waals surface area contributed by atoms with E-state index in [4.69, 9.17) is 4.74 Å². The fraction of sp³-hybridized carbons (Fsp3) is 0.409. The van der Waals surface area contributed by atoms with E-state index in [1.165, 1.54) is 0 Å². The van der Waals surface area contributed by atoms with Gasteiger partial charge in [0.05, 0.1) is 17.5 Å². The highest BCUT2D eigenvalue weighted by Crippen LogP contribution is 2.31. The zero-order valence-electron chi connectivity index (χ0n) is 17.4. The molecule has 3 unspecified atom stereocenters. The number of piperidine rings is 1. The Morgan fingerprint density at radius 1 is 1.23 bits per heavy atom. The number of ether oxygens (including phenoxy) is 1. The van der Waals surface area contributed by atoms with Crippen LogP contribution in [0.5, 0.6) is 11.6 Å². The lowest BCUT2D eigenvalue weighted by molar-refractivity contribution is 0.0329. The van der Waals surface area contributed by atoms with E-state index in [1.54, 1.807) is 42.1 Å². The molecule has 0 spiro atoms. The highest BCUT2D eigenvalue weighted by atomic mass is 16.5. The van der Waals surface area contributed by atoms with Crippen molar-refractivity contribution in [3.05, 3.63) is 48.8 Å². The van der Waals surface area contributed by atoms with E-state index in [9.17, 15) is 10.2 Å². The average Bonchev–Trinajstić information content (AvgIpc) is 3.22. The van der Waals surface area contributed by atoms with E-state index in [1.807, 2.05) is 18.3 Å². The Labute approximate surface area is 175 Å². The maximum atomic E-state index is 10.4. The van der Waals surface area contributed by atoms with Crippen LogP contribution in [0.25, 0.3) is 16.9 Å². The predicted molar refractivity (Wildman–Crippen MR) is 113 cm³/mol. The number of nitrogens with zero attached hydrogens (tertiary/aromatic N) is 4. The molecule has 8 nitrogen and oxygen atoms in total. The van der Waals surface area contributed by atoms with Crippen molar-refractivity contribution in [2.75, 3.05) is 0 Å². The molecule has 1 fully saturated rings. The highest BCUT2D eigenvalue weighted by molar-refractivity contribution is 5.68. The summed E-state index contributed by atoms with van der Waals surface area (Å²) < 4.78 is 7.74. The van der Waals surface area contributed by atoms with Gasteiger partial charge in [-0.15, -0.1) is 10.2 Å². The number of phenolic OH excluding ortho intramolecular Hbond substituents is 1. The number of aromatic nitrogens is 4. The quantitative estimate of drug-likeness (QED) is 0.595. The van der Waals surface area contributed by atoms with Gasteiger partial charge in [0.1, 0.15) is 11.9 Å².